The van der Waals surface area contributed by atoms with Gasteiger partial charge in [0.25, 0.3) is 0 Å². The van der Waals surface area contributed by atoms with Gasteiger partial charge in [0.1, 0.15) is 0 Å². The van der Waals surface area contributed by atoms with E-state index in [-0.39, 0.29) is 5.92 Å². The number of hydrogen-bond acceptors (Lipinski definition) is 4. The van der Waals surface area contributed by atoms with E-state index in [4.69, 9.17) is 10.5 Å². The average molecular weight is 348 g/mol. The SMILES string of the molecule is COC[C@@]1(CN)[C@H](S(C)(=O)=O)[C@@H]1c1ccc(Br)cc1. The summed E-state index contributed by atoms with van der Waals surface area (Å²) in [5.74, 6) is -0.0828. The van der Waals surface area contributed by atoms with Gasteiger partial charge in [-0.2, -0.15) is 0 Å². The van der Waals surface area contributed by atoms with Crippen LogP contribution in [0.3, 0.4) is 0 Å². The zero-order valence-corrected chi connectivity index (χ0v) is 13.4. The molecular formula is C13H18BrNO3S. The van der Waals surface area contributed by atoms with Gasteiger partial charge in [-0.15, -0.1) is 0 Å². The van der Waals surface area contributed by atoms with Crippen LogP contribution in [0.15, 0.2) is 28.7 Å². The highest BCUT2D eigenvalue weighted by atomic mass is 79.9. The van der Waals surface area contributed by atoms with Crippen molar-refractivity contribution in [3.8, 4) is 0 Å². The third-order valence-electron chi connectivity index (χ3n) is 3.86. The Hall–Kier alpha value is -0.430. The third-order valence-corrected chi connectivity index (χ3v) is 6.06. The van der Waals surface area contributed by atoms with Crippen LogP contribution in [0.5, 0.6) is 0 Å². The van der Waals surface area contributed by atoms with Crippen molar-refractivity contribution in [2.45, 2.75) is 11.2 Å². The molecule has 0 saturated heterocycles. The Labute approximate surface area is 122 Å². The van der Waals surface area contributed by atoms with E-state index in [2.05, 4.69) is 15.9 Å². The Morgan fingerprint density at radius 2 is 1.95 bits per heavy atom. The molecule has 2 rings (SSSR count). The van der Waals surface area contributed by atoms with Crippen LogP contribution in [0, 0.1) is 5.41 Å². The molecule has 6 heteroatoms. The number of benzene rings is 1. The number of ether oxygens (including phenoxy) is 1. The summed E-state index contributed by atoms with van der Waals surface area (Å²) in [6.45, 7) is 0.668. The summed E-state index contributed by atoms with van der Waals surface area (Å²) in [6, 6.07) is 7.72. The van der Waals surface area contributed by atoms with Crippen molar-refractivity contribution in [2.75, 3.05) is 26.5 Å². The molecule has 0 unspecified atom stereocenters. The standard InChI is InChI=1S/C13H18BrNO3S/c1-18-8-13(7-15)11(12(13)19(2,16)17)9-3-5-10(14)6-4-9/h3-6,11-12H,7-8,15H2,1-2H3/t11-,12+,13+/m0/s1. The van der Waals surface area contributed by atoms with Crippen molar-refractivity contribution in [1.82, 2.24) is 0 Å². The summed E-state index contributed by atoms with van der Waals surface area (Å²) in [7, 11) is -1.57. The highest BCUT2D eigenvalue weighted by molar-refractivity contribution is 9.10. The molecule has 0 heterocycles. The Kier molecular flexibility index (Phi) is 4.07. The predicted octanol–water partition coefficient (Wildman–Crippen LogP) is 1.55. The number of methoxy groups -OCH3 is 1. The maximum atomic E-state index is 12.0. The molecule has 19 heavy (non-hydrogen) atoms. The van der Waals surface area contributed by atoms with Crippen LogP contribution in [-0.4, -0.2) is 40.2 Å². The topological polar surface area (TPSA) is 69.4 Å². The molecule has 0 aliphatic heterocycles. The van der Waals surface area contributed by atoms with Crippen LogP contribution in [-0.2, 0) is 14.6 Å². The fourth-order valence-electron chi connectivity index (χ4n) is 3.05. The first-order valence-corrected chi connectivity index (χ1v) is 8.75. The second-order valence-corrected chi connectivity index (χ2v) is 8.23. The minimum Gasteiger partial charge on any atom is -0.384 e. The first-order chi connectivity index (χ1) is 8.86. The lowest BCUT2D eigenvalue weighted by Gasteiger charge is -2.14. The molecule has 1 aromatic rings. The Balaban J connectivity index is 2.40. The zero-order chi connectivity index (χ0) is 14.3. The fraction of sp³-hybridized carbons (Fsp3) is 0.538. The van der Waals surface area contributed by atoms with Crippen molar-refractivity contribution >= 4 is 25.8 Å². The summed E-state index contributed by atoms with van der Waals surface area (Å²) in [5, 5.41) is -0.453. The number of sulfone groups is 1. The molecule has 0 bridgehead atoms. The van der Waals surface area contributed by atoms with Gasteiger partial charge < -0.3 is 10.5 Å². The maximum Gasteiger partial charge on any atom is 0.151 e. The smallest absolute Gasteiger partial charge is 0.151 e. The second-order valence-electron chi connectivity index (χ2n) is 5.15. The van der Waals surface area contributed by atoms with Crippen LogP contribution < -0.4 is 5.73 Å². The van der Waals surface area contributed by atoms with E-state index < -0.39 is 20.5 Å². The highest BCUT2D eigenvalue weighted by Gasteiger charge is 2.69. The van der Waals surface area contributed by atoms with Gasteiger partial charge >= 0.3 is 0 Å². The predicted molar refractivity (Wildman–Crippen MR) is 78.9 cm³/mol. The van der Waals surface area contributed by atoms with E-state index in [9.17, 15) is 8.42 Å². The summed E-state index contributed by atoms with van der Waals surface area (Å²) >= 11 is 3.38. The van der Waals surface area contributed by atoms with Crippen LogP contribution in [0.2, 0.25) is 0 Å². The molecule has 1 saturated carbocycles. The van der Waals surface area contributed by atoms with Crippen molar-refractivity contribution in [3.63, 3.8) is 0 Å². The van der Waals surface area contributed by atoms with Crippen molar-refractivity contribution in [3.05, 3.63) is 34.3 Å². The number of hydrogen-bond donors (Lipinski definition) is 1. The molecule has 1 aromatic carbocycles. The number of rotatable bonds is 5. The average Bonchev–Trinajstić information content (AvgIpc) is 3.00. The van der Waals surface area contributed by atoms with Crippen LogP contribution >= 0.6 is 15.9 Å². The van der Waals surface area contributed by atoms with E-state index in [1.807, 2.05) is 24.3 Å². The largest absolute Gasteiger partial charge is 0.384 e. The minimum atomic E-state index is -3.15. The van der Waals surface area contributed by atoms with Gasteiger partial charge in [-0.3, -0.25) is 0 Å². The van der Waals surface area contributed by atoms with E-state index in [0.717, 1.165) is 10.0 Å². The second kappa shape index (κ2) is 5.16. The quantitative estimate of drug-likeness (QED) is 0.877. The van der Waals surface area contributed by atoms with Crippen molar-refractivity contribution in [2.24, 2.45) is 11.1 Å². The highest BCUT2D eigenvalue weighted by Crippen LogP contribution is 2.62. The zero-order valence-electron chi connectivity index (χ0n) is 11.0. The first kappa shape index (κ1) is 15.0. The molecule has 106 valence electrons. The lowest BCUT2D eigenvalue weighted by molar-refractivity contribution is 0.142. The summed E-state index contributed by atoms with van der Waals surface area (Å²) in [4.78, 5) is 0. The molecule has 0 aromatic heterocycles. The van der Waals surface area contributed by atoms with Crippen LogP contribution in [0.25, 0.3) is 0 Å². The lowest BCUT2D eigenvalue weighted by Crippen LogP contribution is -2.28. The number of nitrogens with two attached hydrogens (primary N) is 1. The van der Waals surface area contributed by atoms with Gasteiger partial charge in [0, 0.05) is 35.7 Å². The van der Waals surface area contributed by atoms with Crippen LogP contribution in [0.1, 0.15) is 11.5 Å². The normalized spacial score (nSPS) is 30.3. The van der Waals surface area contributed by atoms with Crippen molar-refractivity contribution < 1.29 is 13.2 Å². The van der Waals surface area contributed by atoms with Crippen LogP contribution in [0.4, 0.5) is 0 Å². The number of halogens is 1. The Bertz CT molecular complexity index is 558. The van der Waals surface area contributed by atoms with Gasteiger partial charge in [-0.25, -0.2) is 8.42 Å². The molecule has 4 nitrogen and oxygen atoms in total. The molecule has 1 aliphatic carbocycles. The molecule has 1 fully saturated rings. The first-order valence-electron chi connectivity index (χ1n) is 6.00. The molecular weight excluding hydrogens is 330 g/mol. The van der Waals surface area contributed by atoms with Gasteiger partial charge in [0.2, 0.25) is 0 Å². The Morgan fingerprint density at radius 3 is 2.37 bits per heavy atom. The molecule has 3 atom stereocenters. The lowest BCUT2D eigenvalue weighted by atomic mass is 10.0. The van der Waals surface area contributed by atoms with Gasteiger partial charge in [-0.05, 0) is 17.7 Å². The van der Waals surface area contributed by atoms with Gasteiger partial charge in [-0.1, -0.05) is 28.1 Å². The van der Waals surface area contributed by atoms with E-state index >= 15 is 0 Å². The fourth-order valence-corrected chi connectivity index (χ4v) is 5.32. The minimum absolute atomic E-state index is 0.0828. The van der Waals surface area contributed by atoms with Gasteiger partial charge in [0.05, 0.1) is 11.9 Å². The molecule has 0 amide bonds. The molecule has 0 radical (unpaired) electrons. The summed E-state index contributed by atoms with van der Waals surface area (Å²) < 4.78 is 30.1. The maximum absolute atomic E-state index is 12.0. The molecule has 2 N–H and O–H groups in total. The monoisotopic (exact) mass is 347 g/mol. The van der Waals surface area contributed by atoms with Crippen molar-refractivity contribution in [1.29, 1.82) is 0 Å². The molecule has 0 spiro atoms. The summed E-state index contributed by atoms with van der Waals surface area (Å²) in [5.41, 5.74) is 6.36. The molecule has 1 aliphatic rings. The van der Waals surface area contributed by atoms with E-state index in [1.54, 1.807) is 7.11 Å². The van der Waals surface area contributed by atoms with Gasteiger partial charge in [0.15, 0.2) is 9.84 Å². The van der Waals surface area contributed by atoms with E-state index in [0.29, 0.717) is 13.2 Å². The van der Waals surface area contributed by atoms with E-state index in [1.165, 1.54) is 6.26 Å². The Morgan fingerprint density at radius 1 is 1.37 bits per heavy atom. The summed E-state index contributed by atoms with van der Waals surface area (Å²) in [6.07, 6.45) is 1.27. The third kappa shape index (κ3) is 2.59.